The summed E-state index contributed by atoms with van der Waals surface area (Å²) < 4.78 is 0. The Morgan fingerprint density at radius 1 is 0.902 bits per heavy atom. The molecule has 61 heavy (non-hydrogen) atoms. The van der Waals surface area contributed by atoms with Gasteiger partial charge in [-0.3, -0.25) is 24.1 Å². The molecule has 1 aromatic heterocycles. The highest BCUT2D eigenvalue weighted by molar-refractivity contribution is 7.99. The maximum Gasteiger partial charge on any atom is 0.252 e. The van der Waals surface area contributed by atoms with Crippen molar-refractivity contribution in [2.75, 3.05) is 29.9 Å². The highest BCUT2D eigenvalue weighted by Gasteiger charge is 2.42. The molecule has 2 heterocycles. The number of carbonyl (C=O) groups is 4. The van der Waals surface area contributed by atoms with Crippen LogP contribution < -0.4 is 21.7 Å². The van der Waals surface area contributed by atoms with Gasteiger partial charge in [-0.2, -0.15) is 4.98 Å². The van der Waals surface area contributed by atoms with Crippen molar-refractivity contribution in [3.05, 3.63) is 101 Å². The molecule has 326 valence electrons. The minimum absolute atomic E-state index is 0.0124. The molecule has 3 aromatic carbocycles. The number of aromatic hydroxyl groups is 1. The van der Waals surface area contributed by atoms with Crippen LogP contribution in [0.5, 0.6) is 5.75 Å². The second kappa shape index (κ2) is 21.0. The smallest absolute Gasteiger partial charge is 0.252 e. The number of nitrogens with zero attached hydrogens (tertiary/aromatic N) is 3. The number of Topliss-reactive ketones (excluding diaryl/α,β-unsaturated/α-hetero) is 2. The number of fused-ring (bicyclic) bond motifs is 1. The average Bonchev–Trinajstić information content (AvgIpc) is 3.19. The van der Waals surface area contributed by atoms with Gasteiger partial charge in [-0.05, 0) is 116 Å². The first-order chi connectivity index (χ1) is 28.9. The van der Waals surface area contributed by atoms with Crippen LogP contribution in [0.4, 0.5) is 17.5 Å². The zero-order valence-corrected chi connectivity index (χ0v) is 37.1. The van der Waals surface area contributed by atoms with Crippen molar-refractivity contribution in [2.24, 2.45) is 11.8 Å². The lowest BCUT2D eigenvalue weighted by atomic mass is 9.72. The van der Waals surface area contributed by atoms with E-state index in [9.17, 15) is 29.4 Å². The number of hydrogen-bond acceptors (Lipinski definition) is 12. The number of ketones is 2. The van der Waals surface area contributed by atoms with Gasteiger partial charge >= 0.3 is 0 Å². The van der Waals surface area contributed by atoms with Crippen LogP contribution in [0.2, 0.25) is 0 Å². The van der Waals surface area contributed by atoms with Gasteiger partial charge in [0.1, 0.15) is 11.6 Å². The number of anilines is 3. The van der Waals surface area contributed by atoms with Crippen molar-refractivity contribution in [3.63, 3.8) is 0 Å². The van der Waals surface area contributed by atoms with Gasteiger partial charge in [0.05, 0.1) is 18.2 Å². The largest absolute Gasteiger partial charge is 0.508 e. The van der Waals surface area contributed by atoms with E-state index >= 15 is 0 Å². The molecule has 4 aromatic rings. The Balaban J connectivity index is 0.000000281. The van der Waals surface area contributed by atoms with Crippen LogP contribution >= 0.6 is 11.8 Å². The van der Waals surface area contributed by atoms with E-state index in [-0.39, 0.29) is 46.7 Å². The fourth-order valence-corrected chi connectivity index (χ4v) is 9.00. The van der Waals surface area contributed by atoms with Gasteiger partial charge < -0.3 is 31.9 Å². The molecule has 2 aliphatic rings. The van der Waals surface area contributed by atoms with Gasteiger partial charge in [0.15, 0.2) is 11.6 Å². The number of likely N-dealkylation sites (tertiary alicyclic amines) is 1. The number of aromatic nitrogens is 2. The molecule has 14 heteroatoms. The van der Waals surface area contributed by atoms with Gasteiger partial charge in [0.25, 0.3) is 5.91 Å². The molecule has 0 unspecified atom stereocenters. The number of nitrogen functional groups attached to an aromatic ring is 1. The van der Waals surface area contributed by atoms with Crippen LogP contribution in [0, 0.1) is 25.7 Å². The first kappa shape index (κ1) is 46.8. The third-order valence-electron chi connectivity index (χ3n) is 11.1. The first-order valence-corrected chi connectivity index (χ1v) is 21.9. The maximum absolute atomic E-state index is 13.5. The van der Waals surface area contributed by atoms with Crippen molar-refractivity contribution in [3.8, 4) is 5.75 Å². The number of phenolic OH excluding ortho intramolecular Hbond substituents is 1. The van der Waals surface area contributed by atoms with Gasteiger partial charge in [0, 0.05) is 69.0 Å². The number of nitrogens with one attached hydrogen (secondary N) is 3. The standard InChI is InChI=1S/C32H45N3O4S.C15H16N4O2/c1-21-25(15-10-16-28(21)36)30(38)33-26(20-40-24-13-6-5-7-14-24)29(37)19-35-18-23-12-9-8-11-22(23)17-27(35)31(39)34-32(2,3)4;1-8-4-14(19-15(16)17-8)18-13-6-11(9(2)20)5-12(7-13)10(3)21/h5-7,10,13-16,22-23,26-27,29,36-37H,8-9,11-12,17-20H2,1-4H3,(H,33,38)(H,34,39);4-7H,1-3H3,(H3,16,17,18,19)/t22-,23+,26-,27-,29+;/m0./s1. The molecule has 1 aliphatic heterocycles. The van der Waals surface area contributed by atoms with Crippen molar-refractivity contribution in [1.29, 1.82) is 0 Å². The number of rotatable bonds is 13. The molecule has 13 nitrogen and oxygen atoms in total. The molecule has 0 spiro atoms. The molecule has 5 atom stereocenters. The van der Waals surface area contributed by atoms with E-state index in [1.807, 2.05) is 51.1 Å². The summed E-state index contributed by atoms with van der Waals surface area (Å²) in [7, 11) is 0. The number of hydrogen-bond donors (Lipinski definition) is 6. The van der Waals surface area contributed by atoms with Crippen molar-refractivity contribution in [2.45, 2.75) is 109 Å². The summed E-state index contributed by atoms with van der Waals surface area (Å²) in [5, 5.41) is 31.0. The normalized spacial score (nSPS) is 18.7. The lowest BCUT2D eigenvalue weighted by Crippen LogP contribution is -2.60. The second-order valence-electron chi connectivity index (χ2n) is 17.3. The summed E-state index contributed by atoms with van der Waals surface area (Å²) in [5.41, 5.74) is 8.39. The van der Waals surface area contributed by atoms with Crippen LogP contribution in [0.1, 0.15) is 109 Å². The van der Waals surface area contributed by atoms with E-state index < -0.39 is 12.1 Å². The fraction of sp³-hybridized carbons (Fsp3) is 0.447. The average molecular weight is 852 g/mol. The number of aliphatic hydroxyl groups is 1. The number of phenols is 1. The number of piperidine rings is 1. The van der Waals surface area contributed by atoms with Gasteiger partial charge in [-0.1, -0.05) is 43.5 Å². The fourth-order valence-electron chi connectivity index (χ4n) is 7.97. The quantitative estimate of drug-likeness (QED) is 0.0582. The lowest BCUT2D eigenvalue weighted by Gasteiger charge is -2.47. The first-order valence-electron chi connectivity index (χ1n) is 20.9. The number of amides is 2. The molecule has 1 saturated heterocycles. The van der Waals surface area contributed by atoms with E-state index in [2.05, 4.69) is 30.8 Å². The SMILES string of the molecule is CC(=O)c1cc(Nc2cc(C)nc(N)n2)cc(C(C)=O)c1.Cc1c(O)cccc1C(=O)N[C@@H](CSc1ccccc1)[C@H](O)CN1C[C@H]2CCCC[C@H]2C[C@H]1C(=O)NC(C)(C)C. The number of benzene rings is 3. The van der Waals surface area contributed by atoms with Crippen LogP contribution in [0.15, 0.2) is 77.7 Å². The van der Waals surface area contributed by atoms with Gasteiger partial charge in [-0.15, -0.1) is 11.8 Å². The van der Waals surface area contributed by atoms with E-state index in [0.717, 1.165) is 36.4 Å². The Morgan fingerprint density at radius 3 is 2.18 bits per heavy atom. The highest BCUT2D eigenvalue weighted by Crippen LogP contribution is 2.39. The molecule has 7 N–H and O–H groups in total. The molecule has 1 saturated carbocycles. The molecule has 2 fully saturated rings. The van der Waals surface area contributed by atoms with E-state index in [1.54, 1.807) is 68.1 Å². The monoisotopic (exact) mass is 851 g/mol. The summed E-state index contributed by atoms with van der Waals surface area (Å²) in [6.07, 6.45) is 4.67. The molecular formula is C47H61N7O6S. The number of aryl methyl sites for hydroxylation is 1. The topological polar surface area (TPSA) is 200 Å². The molecule has 0 bridgehead atoms. The third-order valence-corrected chi connectivity index (χ3v) is 12.2. The van der Waals surface area contributed by atoms with E-state index in [1.165, 1.54) is 26.7 Å². The number of carbonyl (C=O) groups excluding carboxylic acids is 4. The van der Waals surface area contributed by atoms with Crippen molar-refractivity contribution in [1.82, 2.24) is 25.5 Å². The van der Waals surface area contributed by atoms with Crippen LogP contribution in [-0.2, 0) is 4.79 Å². The van der Waals surface area contributed by atoms with Crippen LogP contribution in [0.3, 0.4) is 0 Å². The molecule has 6 rings (SSSR count). The zero-order valence-electron chi connectivity index (χ0n) is 36.3. The van der Waals surface area contributed by atoms with Crippen LogP contribution in [-0.4, -0.2) is 91.0 Å². The summed E-state index contributed by atoms with van der Waals surface area (Å²) in [5.74, 6) is 1.72. The summed E-state index contributed by atoms with van der Waals surface area (Å²) >= 11 is 1.57. The second-order valence-corrected chi connectivity index (χ2v) is 18.4. The molecular weight excluding hydrogens is 791 g/mol. The van der Waals surface area contributed by atoms with Crippen molar-refractivity contribution >= 4 is 52.6 Å². The van der Waals surface area contributed by atoms with E-state index in [4.69, 9.17) is 5.73 Å². The summed E-state index contributed by atoms with van der Waals surface area (Å²) in [6, 6.07) is 20.6. The lowest BCUT2D eigenvalue weighted by molar-refractivity contribution is -0.132. The summed E-state index contributed by atoms with van der Waals surface area (Å²) in [6.45, 7) is 13.5. The predicted octanol–water partition coefficient (Wildman–Crippen LogP) is 7.26. The number of thioether (sulfide) groups is 1. The Bertz CT molecular complexity index is 2130. The Kier molecular flexibility index (Phi) is 16.1. The van der Waals surface area contributed by atoms with Gasteiger partial charge in [0.2, 0.25) is 11.9 Å². The maximum atomic E-state index is 13.5. The Hall–Kier alpha value is -5.31. The van der Waals surface area contributed by atoms with E-state index in [0.29, 0.717) is 57.9 Å². The molecule has 1 aliphatic carbocycles. The Morgan fingerprint density at radius 2 is 1.56 bits per heavy atom. The summed E-state index contributed by atoms with van der Waals surface area (Å²) in [4.78, 5) is 61.1. The molecule has 0 radical (unpaired) electrons. The third kappa shape index (κ3) is 13.6. The number of aliphatic hydroxyl groups excluding tert-OH is 1. The molecule has 2 amide bonds. The Labute approximate surface area is 363 Å². The highest BCUT2D eigenvalue weighted by atomic mass is 32.2. The van der Waals surface area contributed by atoms with Crippen LogP contribution in [0.25, 0.3) is 0 Å². The minimum atomic E-state index is -0.886. The minimum Gasteiger partial charge on any atom is -0.508 e. The predicted molar refractivity (Wildman–Crippen MR) is 242 cm³/mol. The number of β-amino-alcohol motifs (C(OH)–C–C–N with tert-alkyl or cyclic N) is 1. The van der Waals surface area contributed by atoms with Gasteiger partial charge in [-0.25, -0.2) is 4.98 Å². The number of nitrogens with two attached hydrogens (primary N) is 1. The zero-order chi connectivity index (χ0) is 44.4. The van der Waals surface area contributed by atoms with Crippen molar-refractivity contribution < 1.29 is 29.4 Å².